The molecule has 0 aliphatic carbocycles. The second-order valence-electron chi connectivity index (χ2n) is 8.97. The molecule has 0 heterocycles. The number of carbonyl (C=O) groups is 2. The molecule has 1 atom stereocenters. The van der Waals surface area contributed by atoms with Gasteiger partial charge in [0, 0.05) is 32.0 Å². The monoisotopic (exact) mass is 550 g/mol. The molecule has 1 unspecified atom stereocenters. The highest BCUT2D eigenvalue weighted by atomic mass is 16.6. The smallest absolute Gasteiger partial charge is 0.349 e. The van der Waals surface area contributed by atoms with Crippen LogP contribution in [0.15, 0.2) is 59.7 Å². The second-order valence-corrected chi connectivity index (χ2v) is 8.97. The van der Waals surface area contributed by atoms with Crippen LogP contribution >= 0.6 is 0 Å². The first kappa shape index (κ1) is 31.6. The SMILES string of the molecule is [C-]#[N+]CCN(C)c1ccc(/C=C(\C#N)C(=O)OC(C)COC(=O)/C(C#N)=C/c2ccc(N(C)CCC#N)cc2)cc1. The Labute approximate surface area is 240 Å². The number of nitrogens with zero attached hydrogens (tertiary/aromatic N) is 6. The average Bonchev–Trinajstić information content (AvgIpc) is 2.99. The Hall–Kier alpha value is -5.58. The molecule has 41 heavy (non-hydrogen) atoms. The summed E-state index contributed by atoms with van der Waals surface area (Å²) in [5.41, 5.74) is 2.56. The van der Waals surface area contributed by atoms with E-state index in [1.54, 1.807) is 24.3 Å². The predicted molar refractivity (Wildman–Crippen MR) is 155 cm³/mol. The summed E-state index contributed by atoms with van der Waals surface area (Å²) in [5, 5.41) is 27.6. The van der Waals surface area contributed by atoms with Gasteiger partial charge in [-0.1, -0.05) is 24.3 Å². The van der Waals surface area contributed by atoms with E-state index in [0.29, 0.717) is 37.2 Å². The van der Waals surface area contributed by atoms with Crippen molar-refractivity contribution in [3.63, 3.8) is 0 Å². The van der Waals surface area contributed by atoms with Crippen LogP contribution in [0.25, 0.3) is 17.0 Å². The molecule has 0 amide bonds. The van der Waals surface area contributed by atoms with Crippen LogP contribution in [0.2, 0.25) is 0 Å². The maximum atomic E-state index is 12.5. The summed E-state index contributed by atoms with van der Waals surface area (Å²) in [6.07, 6.45) is 2.31. The standard InChI is InChI=1S/C31H30N6O4/c1-23(41-31(39)27(21-34)19-25-8-12-29(13-9-25)37(4)17-15-35-2)22-40-30(38)26(20-33)18-24-6-10-28(11-7-24)36(3)16-5-14-32/h6-13,18-19,23H,5,15-17,22H2,1,3-4H3/b26-18+,27-19+. The van der Waals surface area contributed by atoms with E-state index in [-0.39, 0.29) is 17.8 Å². The largest absolute Gasteiger partial charge is 0.458 e. The lowest BCUT2D eigenvalue weighted by molar-refractivity contribution is -0.152. The Bertz CT molecular complexity index is 1430. The van der Waals surface area contributed by atoms with E-state index >= 15 is 0 Å². The molecule has 2 rings (SSSR count). The van der Waals surface area contributed by atoms with Gasteiger partial charge >= 0.3 is 11.9 Å². The summed E-state index contributed by atoms with van der Waals surface area (Å²) in [6.45, 7) is 9.63. The van der Waals surface area contributed by atoms with Crippen molar-refractivity contribution in [1.29, 1.82) is 15.8 Å². The number of hydrogen-bond donors (Lipinski definition) is 0. The van der Waals surface area contributed by atoms with Gasteiger partial charge in [-0.05, 0) is 54.5 Å². The van der Waals surface area contributed by atoms with Crippen LogP contribution in [-0.4, -0.2) is 58.4 Å². The average molecular weight is 551 g/mol. The molecule has 0 aromatic heterocycles. The van der Waals surface area contributed by atoms with E-state index in [9.17, 15) is 20.1 Å². The summed E-state index contributed by atoms with van der Waals surface area (Å²) < 4.78 is 10.4. The zero-order chi connectivity index (χ0) is 30.2. The van der Waals surface area contributed by atoms with E-state index in [2.05, 4.69) is 10.9 Å². The van der Waals surface area contributed by atoms with Crippen LogP contribution in [-0.2, 0) is 19.1 Å². The predicted octanol–water partition coefficient (Wildman–Crippen LogP) is 4.38. The first-order chi connectivity index (χ1) is 19.7. The molecule has 0 radical (unpaired) electrons. The third kappa shape index (κ3) is 10.2. The Morgan fingerprint density at radius 1 is 0.878 bits per heavy atom. The molecule has 0 spiro atoms. The van der Waals surface area contributed by atoms with Gasteiger partial charge in [-0.3, -0.25) is 0 Å². The molecule has 0 saturated carbocycles. The van der Waals surface area contributed by atoms with Crippen molar-refractivity contribution >= 4 is 35.5 Å². The van der Waals surface area contributed by atoms with E-state index in [4.69, 9.17) is 21.3 Å². The maximum Gasteiger partial charge on any atom is 0.349 e. The van der Waals surface area contributed by atoms with Crippen molar-refractivity contribution in [2.24, 2.45) is 0 Å². The minimum Gasteiger partial charge on any atom is -0.458 e. The van der Waals surface area contributed by atoms with Gasteiger partial charge in [-0.15, -0.1) is 0 Å². The fraction of sp³-hybridized carbons (Fsp3) is 0.290. The highest BCUT2D eigenvalue weighted by molar-refractivity contribution is 5.98. The maximum absolute atomic E-state index is 12.5. The lowest BCUT2D eigenvalue weighted by Gasteiger charge is -2.17. The van der Waals surface area contributed by atoms with E-state index in [1.165, 1.54) is 19.1 Å². The molecule has 10 nitrogen and oxygen atoms in total. The first-order valence-corrected chi connectivity index (χ1v) is 12.7. The molecule has 0 aliphatic rings. The Morgan fingerprint density at radius 3 is 1.83 bits per heavy atom. The number of ether oxygens (including phenoxy) is 2. The molecule has 0 aliphatic heterocycles. The van der Waals surface area contributed by atoms with Gasteiger partial charge in [0.25, 0.3) is 0 Å². The number of benzene rings is 2. The van der Waals surface area contributed by atoms with Crippen molar-refractivity contribution in [3.8, 4) is 18.2 Å². The number of hydrogen-bond acceptors (Lipinski definition) is 9. The summed E-state index contributed by atoms with van der Waals surface area (Å²) in [7, 11) is 3.73. The molecule has 0 N–H and O–H groups in total. The summed E-state index contributed by atoms with van der Waals surface area (Å²) in [4.78, 5) is 32.2. The van der Waals surface area contributed by atoms with Crippen molar-refractivity contribution in [1.82, 2.24) is 0 Å². The number of carbonyl (C=O) groups excluding carboxylic acids is 2. The van der Waals surface area contributed by atoms with Gasteiger partial charge < -0.3 is 24.1 Å². The van der Waals surface area contributed by atoms with Crippen LogP contribution in [0.1, 0.15) is 24.5 Å². The Kier molecular flexibility index (Phi) is 12.7. The van der Waals surface area contributed by atoms with E-state index in [0.717, 1.165) is 11.4 Å². The first-order valence-electron chi connectivity index (χ1n) is 12.7. The third-order valence-electron chi connectivity index (χ3n) is 5.83. The normalized spacial score (nSPS) is 11.6. The van der Waals surface area contributed by atoms with Crippen molar-refractivity contribution in [2.75, 3.05) is 50.1 Å². The van der Waals surface area contributed by atoms with Crippen LogP contribution < -0.4 is 9.80 Å². The Balaban J connectivity index is 1.95. The topological polar surface area (TPSA) is 135 Å². The summed E-state index contributed by atoms with van der Waals surface area (Å²) >= 11 is 0. The minimum atomic E-state index is -0.872. The number of esters is 2. The lowest BCUT2D eigenvalue weighted by atomic mass is 10.1. The zero-order valence-corrected chi connectivity index (χ0v) is 23.2. The highest BCUT2D eigenvalue weighted by Gasteiger charge is 2.18. The van der Waals surface area contributed by atoms with Gasteiger partial charge in [0.15, 0.2) is 0 Å². The van der Waals surface area contributed by atoms with Gasteiger partial charge in [0.05, 0.1) is 19.0 Å². The number of rotatable bonds is 13. The lowest BCUT2D eigenvalue weighted by Crippen LogP contribution is -2.23. The van der Waals surface area contributed by atoms with Crippen molar-refractivity contribution < 1.29 is 19.1 Å². The Morgan fingerprint density at radius 2 is 1.37 bits per heavy atom. The second kappa shape index (κ2) is 16.4. The molecule has 10 heteroatoms. The molecule has 0 bridgehead atoms. The van der Waals surface area contributed by atoms with Gasteiger partial charge in [-0.2, -0.15) is 15.8 Å². The highest BCUT2D eigenvalue weighted by Crippen LogP contribution is 2.18. The number of anilines is 2. The molecule has 2 aromatic rings. The minimum absolute atomic E-state index is 0.225. The molecular weight excluding hydrogens is 520 g/mol. The van der Waals surface area contributed by atoms with Gasteiger partial charge in [0.1, 0.15) is 36.0 Å². The van der Waals surface area contributed by atoms with Crippen LogP contribution in [0.5, 0.6) is 0 Å². The molecule has 0 fully saturated rings. The molecule has 2 aromatic carbocycles. The quantitative estimate of drug-likeness (QED) is 0.154. The fourth-order valence-corrected chi connectivity index (χ4v) is 3.48. The van der Waals surface area contributed by atoms with Crippen molar-refractivity contribution in [3.05, 3.63) is 82.2 Å². The van der Waals surface area contributed by atoms with Gasteiger partial charge in [0.2, 0.25) is 6.54 Å². The molecule has 0 saturated heterocycles. The van der Waals surface area contributed by atoms with E-state index < -0.39 is 18.0 Å². The number of nitriles is 3. The van der Waals surface area contributed by atoms with Crippen LogP contribution in [0.4, 0.5) is 11.4 Å². The van der Waals surface area contributed by atoms with Crippen LogP contribution in [0, 0.1) is 40.6 Å². The number of likely N-dealkylation sites (N-methyl/N-ethyl adjacent to an activating group) is 1. The summed E-state index contributed by atoms with van der Waals surface area (Å²) in [5.74, 6) is -1.74. The van der Waals surface area contributed by atoms with Gasteiger partial charge in [-0.25, -0.2) is 16.2 Å². The van der Waals surface area contributed by atoms with E-state index in [1.807, 2.05) is 60.3 Å². The summed E-state index contributed by atoms with van der Waals surface area (Å²) in [6, 6.07) is 20.0. The molecule has 208 valence electrons. The zero-order valence-electron chi connectivity index (χ0n) is 23.2. The fourth-order valence-electron chi connectivity index (χ4n) is 3.48. The van der Waals surface area contributed by atoms with Crippen LogP contribution in [0.3, 0.4) is 0 Å². The van der Waals surface area contributed by atoms with Crippen molar-refractivity contribution in [2.45, 2.75) is 19.4 Å². The third-order valence-corrected chi connectivity index (χ3v) is 5.83. The molecular formula is C31H30N6O4.